The highest BCUT2D eigenvalue weighted by Gasteiger charge is 2.49. The van der Waals surface area contributed by atoms with E-state index in [0.29, 0.717) is 18.4 Å². The van der Waals surface area contributed by atoms with Crippen molar-refractivity contribution in [3.63, 3.8) is 0 Å². The first-order chi connectivity index (χ1) is 10.1. The molecule has 0 radical (unpaired) electrons. The Morgan fingerprint density at radius 1 is 1.52 bits per heavy atom. The molecular formula is C16H31NO3S. The summed E-state index contributed by atoms with van der Waals surface area (Å²) in [5.74, 6) is 2.68. The highest BCUT2D eigenvalue weighted by molar-refractivity contribution is 7.99. The first-order valence-electron chi connectivity index (χ1n) is 8.21. The van der Waals surface area contributed by atoms with Crippen LogP contribution >= 0.6 is 11.8 Å². The Bertz CT molecular complexity index is 314. The molecule has 0 aromatic heterocycles. The van der Waals surface area contributed by atoms with E-state index in [1.807, 2.05) is 25.6 Å². The van der Waals surface area contributed by atoms with Crippen molar-refractivity contribution >= 4 is 17.7 Å². The number of ether oxygens (including phenoxy) is 1. The van der Waals surface area contributed by atoms with Gasteiger partial charge in [-0.3, -0.25) is 4.79 Å². The average Bonchev–Trinajstić information content (AvgIpc) is 2.88. The van der Waals surface area contributed by atoms with Gasteiger partial charge in [0.15, 0.2) is 0 Å². The molecule has 124 valence electrons. The third-order valence-electron chi connectivity index (χ3n) is 4.28. The predicted octanol–water partition coefficient (Wildman–Crippen LogP) is 2.45. The van der Waals surface area contributed by atoms with Gasteiger partial charge in [0.2, 0.25) is 0 Å². The first kappa shape index (κ1) is 18.8. The molecule has 1 aliphatic rings. The zero-order chi connectivity index (χ0) is 15.7. The van der Waals surface area contributed by atoms with E-state index in [2.05, 4.69) is 12.2 Å². The van der Waals surface area contributed by atoms with Crippen molar-refractivity contribution in [2.45, 2.75) is 52.0 Å². The fourth-order valence-electron chi connectivity index (χ4n) is 3.18. The zero-order valence-electron chi connectivity index (χ0n) is 13.7. The summed E-state index contributed by atoms with van der Waals surface area (Å²) in [5.41, 5.74) is -0.464. The Kier molecular flexibility index (Phi) is 8.67. The first-order valence-corrected chi connectivity index (χ1v) is 9.37. The van der Waals surface area contributed by atoms with E-state index in [1.165, 1.54) is 0 Å². The van der Waals surface area contributed by atoms with Crippen molar-refractivity contribution in [3.8, 4) is 0 Å². The van der Waals surface area contributed by atoms with Crippen LogP contribution in [0.1, 0.15) is 46.5 Å². The maximum absolute atomic E-state index is 12.4. The normalized spacial score (nSPS) is 26.8. The number of aliphatic hydroxyl groups excluding tert-OH is 1. The molecule has 0 aromatic rings. The number of carbonyl (C=O) groups is 1. The van der Waals surface area contributed by atoms with Crippen molar-refractivity contribution in [2.24, 2.45) is 11.8 Å². The number of nitrogens with one attached hydrogen (secondary N) is 1. The van der Waals surface area contributed by atoms with E-state index in [0.717, 1.165) is 43.7 Å². The minimum Gasteiger partial charge on any atom is -0.465 e. The number of aliphatic hydroxyl groups is 1. The second-order valence-electron chi connectivity index (χ2n) is 5.96. The topological polar surface area (TPSA) is 58.6 Å². The van der Waals surface area contributed by atoms with Gasteiger partial charge in [0.05, 0.1) is 6.61 Å². The Morgan fingerprint density at radius 2 is 2.29 bits per heavy atom. The molecule has 0 heterocycles. The van der Waals surface area contributed by atoms with Crippen LogP contribution in [0.2, 0.25) is 0 Å². The molecule has 3 unspecified atom stereocenters. The number of thioether (sulfide) groups is 1. The molecule has 0 bridgehead atoms. The fourth-order valence-corrected chi connectivity index (χ4v) is 4.31. The largest absolute Gasteiger partial charge is 0.465 e. The second kappa shape index (κ2) is 9.70. The van der Waals surface area contributed by atoms with Gasteiger partial charge in [0.1, 0.15) is 5.54 Å². The van der Waals surface area contributed by atoms with Gasteiger partial charge in [-0.25, -0.2) is 0 Å². The summed E-state index contributed by atoms with van der Waals surface area (Å²) in [7, 11) is 0. The fraction of sp³-hybridized carbons (Fsp3) is 0.938. The maximum Gasteiger partial charge on any atom is 0.326 e. The van der Waals surface area contributed by atoms with Crippen molar-refractivity contribution in [3.05, 3.63) is 0 Å². The van der Waals surface area contributed by atoms with Gasteiger partial charge in [0.25, 0.3) is 0 Å². The number of esters is 1. The average molecular weight is 317 g/mol. The van der Waals surface area contributed by atoms with E-state index >= 15 is 0 Å². The van der Waals surface area contributed by atoms with Crippen LogP contribution < -0.4 is 5.32 Å². The molecule has 1 aliphatic carbocycles. The third kappa shape index (κ3) is 5.15. The number of hydrogen-bond donors (Lipinski definition) is 2. The lowest BCUT2D eigenvalue weighted by Crippen LogP contribution is -2.55. The number of likely N-dealkylation sites (N-methyl/N-ethyl adjacent to an activating group) is 1. The second-order valence-corrected chi connectivity index (χ2v) is 7.11. The molecule has 21 heavy (non-hydrogen) atoms. The van der Waals surface area contributed by atoms with Crippen molar-refractivity contribution < 1.29 is 14.6 Å². The summed E-state index contributed by atoms with van der Waals surface area (Å²) in [4.78, 5) is 12.4. The van der Waals surface area contributed by atoms with Crippen molar-refractivity contribution in [2.75, 3.05) is 31.3 Å². The van der Waals surface area contributed by atoms with Crippen LogP contribution in [0.25, 0.3) is 0 Å². The number of rotatable bonds is 10. The molecule has 0 amide bonds. The Hall–Kier alpha value is -0.260. The van der Waals surface area contributed by atoms with Crippen LogP contribution in [0.3, 0.4) is 0 Å². The molecule has 1 saturated carbocycles. The molecular weight excluding hydrogens is 286 g/mol. The summed E-state index contributed by atoms with van der Waals surface area (Å²) in [6, 6.07) is 0. The molecule has 1 rings (SSSR count). The molecule has 2 N–H and O–H groups in total. The summed E-state index contributed by atoms with van der Waals surface area (Å²) in [6.45, 7) is 7.47. The Balaban J connectivity index is 2.55. The van der Waals surface area contributed by atoms with Gasteiger partial charge in [-0.05, 0) is 56.1 Å². The van der Waals surface area contributed by atoms with Gasteiger partial charge in [-0.2, -0.15) is 11.8 Å². The van der Waals surface area contributed by atoms with Gasteiger partial charge in [-0.15, -0.1) is 0 Å². The van der Waals surface area contributed by atoms with E-state index in [9.17, 15) is 4.79 Å². The number of carbonyl (C=O) groups excluding carboxylic acids is 1. The Morgan fingerprint density at radius 3 is 2.90 bits per heavy atom. The quantitative estimate of drug-likeness (QED) is 0.479. The lowest BCUT2D eigenvalue weighted by molar-refractivity contribution is -0.153. The number of hydrogen-bond acceptors (Lipinski definition) is 5. The minimum absolute atomic E-state index is 0.0666. The lowest BCUT2D eigenvalue weighted by Gasteiger charge is -2.34. The summed E-state index contributed by atoms with van der Waals surface area (Å²) >= 11 is 1.88. The summed E-state index contributed by atoms with van der Waals surface area (Å²) < 4.78 is 5.33. The van der Waals surface area contributed by atoms with E-state index < -0.39 is 5.54 Å². The van der Waals surface area contributed by atoms with Crippen LogP contribution in [0.15, 0.2) is 0 Å². The summed E-state index contributed by atoms with van der Waals surface area (Å²) in [6.07, 6.45) is 4.12. The Labute approximate surface area is 133 Å². The molecule has 0 saturated heterocycles. The monoisotopic (exact) mass is 317 g/mol. The molecule has 0 aromatic carbocycles. The smallest absolute Gasteiger partial charge is 0.326 e. The van der Waals surface area contributed by atoms with Crippen LogP contribution in [-0.4, -0.2) is 47.9 Å². The molecule has 0 aliphatic heterocycles. The lowest BCUT2D eigenvalue weighted by atomic mass is 9.85. The van der Waals surface area contributed by atoms with Gasteiger partial charge in [0, 0.05) is 6.61 Å². The van der Waals surface area contributed by atoms with Crippen molar-refractivity contribution in [1.29, 1.82) is 0 Å². The zero-order valence-corrected chi connectivity index (χ0v) is 14.5. The van der Waals surface area contributed by atoms with Gasteiger partial charge in [-0.1, -0.05) is 20.3 Å². The molecule has 3 atom stereocenters. The molecule has 0 spiro atoms. The van der Waals surface area contributed by atoms with E-state index in [-0.39, 0.29) is 12.6 Å². The highest BCUT2D eigenvalue weighted by atomic mass is 32.2. The molecule has 1 fully saturated rings. The van der Waals surface area contributed by atoms with Gasteiger partial charge >= 0.3 is 5.97 Å². The van der Waals surface area contributed by atoms with Crippen molar-refractivity contribution in [1.82, 2.24) is 5.32 Å². The SMILES string of the molecule is CCNC1(C(=O)OCC)CCCC1CCSCC(C)CO. The van der Waals surface area contributed by atoms with Crippen LogP contribution in [0.4, 0.5) is 0 Å². The highest BCUT2D eigenvalue weighted by Crippen LogP contribution is 2.39. The minimum atomic E-state index is -0.464. The van der Waals surface area contributed by atoms with E-state index in [1.54, 1.807) is 0 Å². The predicted molar refractivity (Wildman–Crippen MR) is 88.6 cm³/mol. The van der Waals surface area contributed by atoms with Crippen LogP contribution in [-0.2, 0) is 9.53 Å². The maximum atomic E-state index is 12.4. The molecule has 4 nitrogen and oxygen atoms in total. The van der Waals surface area contributed by atoms with Crippen LogP contribution in [0, 0.1) is 11.8 Å². The third-order valence-corrected chi connectivity index (χ3v) is 5.61. The standard InChI is InChI=1S/C16H31NO3S/c1-4-17-16(15(19)20-5-2)9-6-7-14(16)8-10-21-12-13(3)11-18/h13-14,17-18H,4-12H2,1-3H3. The summed E-state index contributed by atoms with van der Waals surface area (Å²) in [5, 5.41) is 12.5. The molecule has 5 heteroatoms. The van der Waals surface area contributed by atoms with Gasteiger partial charge < -0.3 is 15.2 Å². The van der Waals surface area contributed by atoms with Crippen LogP contribution in [0.5, 0.6) is 0 Å². The van der Waals surface area contributed by atoms with E-state index in [4.69, 9.17) is 9.84 Å².